The Morgan fingerprint density at radius 3 is 2.29 bits per heavy atom. The molecule has 2 aliphatic rings. The fourth-order valence-electron chi connectivity index (χ4n) is 3.50. The second-order valence-corrected chi connectivity index (χ2v) is 7.33. The highest BCUT2D eigenvalue weighted by Crippen LogP contribution is 2.43. The predicted molar refractivity (Wildman–Crippen MR) is 105 cm³/mol. The minimum absolute atomic E-state index is 0.0137. The first kappa shape index (κ1) is 21.2. The van der Waals surface area contributed by atoms with Gasteiger partial charge in [0, 0.05) is 17.7 Å². The van der Waals surface area contributed by atoms with Gasteiger partial charge in [0.2, 0.25) is 6.29 Å². The summed E-state index contributed by atoms with van der Waals surface area (Å²) >= 11 is 0. The van der Waals surface area contributed by atoms with Gasteiger partial charge in [-0.25, -0.2) is 0 Å². The van der Waals surface area contributed by atoms with Crippen LogP contribution in [0.3, 0.4) is 0 Å². The Morgan fingerprint density at radius 2 is 1.61 bits per heavy atom. The molecule has 2 heterocycles. The Balaban J connectivity index is 1.60. The van der Waals surface area contributed by atoms with Gasteiger partial charge in [0.1, 0.15) is 53.2 Å². The molecule has 0 aromatic heterocycles. The molecule has 4 rings (SSSR count). The number of aliphatic hydroxyl groups excluding tert-OH is 5. The number of phenols is 2. The SMILES string of the molecule is OCC1OC(Oc2cc(O)c3c(c2)OC(c2ccc(O)cc2)C(O)=C3)C(O)C(O)C1O. The van der Waals surface area contributed by atoms with Gasteiger partial charge in [-0.3, -0.25) is 0 Å². The lowest BCUT2D eigenvalue weighted by Gasteiger charge is -2.39. The molecule has 0 saturated carbocycles. The number of benzene rings is 2. The molecule has 2 aromatic rings. The van der Waals surface area contributed by atoms with Crippen LogP contribution >= 0.6 is 0 Å². The zero-order valence-corrected chi connectivity index (χ0v) is 16.1. The summed E-state index contributed by atoms with van der Waals surface area (Å²) in [5.41, 5.74) is 0.755. The van der Waals surface area contributed by atoms with Crippen LogP contribution in [0.25, 0.3) is 6.08 Å². The predicted octanol–water partition coefficient (Wildman–Crippen LogP) is 0.309. The van der Waals surface area contributed by atoms with E-state index in [0.29, 0.717) is 5.56 Å². The van der Waals surface area contributed by atoms with Crippen LogP contribution in [-0.2, 0) is 4.74 Å². The van der Waals surface area contributed by atoms with Crippen molar-refractivity contribution >= 4 is 6.08 Å². The van der Waals surface area contributed by atoms with Crippen molar-refractivity contribution in [1.82, 2.24) is 0 Å². The standard InChI is InChI=1S/C21H22O10/c22-8-16-17(26)18(27)19(28)21(31-16)29-11-5-13(24)12-7-14(25)20(30-15(12)6-11)9-1-3-10(23)4-2-9/h1-7,16-28H,8H2. The molecule has 6 atom stereocenters. The van der Waals surface area contributed by atoms with E-state index in [1.807, 2.05) is 0 Å². The first-order valence-corrected chi connectivity index (χ1v) is 9.49. The maximum absolute atomic E-state index is 10.4. The van der Waals surface area contributed by atoms with E-state index in [2.05, 4.69) is 0 Å². The van der Waals surface area contributed by atoms with Gasteiger partial charge in [0.05, 0.1) is 12.2 Å². The van der Waals surface area contributed by atoms with Crippen LogP contribution < -0.4 is 9.47 Å². The van der Waals surface area contributed by atoms with E-state index in [1.54, 1.807) is 12.1 Å². The van der Waals surface area contributed by atoms with Crippen LogP contribution in [0.1, 0.15) is 17.2 Å². The third-order valence-electron chi connectivity index (χ3n) is 5.20. The summed E-state index contributed by atoms with van der Waals surface area (Å²) in [7, 11) is 0. The van der Waals surface area contributed by atoms with Crippen LogP contribution in [0.15, 0.2) is 42.2 Å². The molecule has 31 heavy (non-hydrogen) atoms. The molecule has 1 fully saturated rings. The summed E-state index contributed by atoms with van der Waals surface area (Å²) in [5, 5.41) is 69.3. The molecule has 1 saturated heterocycles. The third-order valence-corrected chi connectivity index (χ3v) is 5.20. The summed E-state index contributed by atoms with van der Waals surface area (Å²) in [6.07, 6.45) is -6.90. The third kappa shape index (κ3) is 3.99. The topological polar surface area (TPSA) is 169 Å². The van der Waals surface area contributed by atoms with Gasteiger partial charge in [-0.1, -0.05) is 12.1 Å². The molecule has 0 bridgehead atoms. The van der Waals surface area contributed by atoms with Gasteiger partial charge in [-0.05, 0) is 18.2 Å². The molecular formula is C21H22O10. The smallest absolute Gasteiger partial charge is 0.229 e. The summed E-state index contributed by atoms with van der Waals surface area (Å²) < 4.78 is 16.7. The minimum atomic E-state index is -1.62. The normalized spacial score (nSPS) is 30.1. The quantitative estimate of drug-likeness (QED) is 0.355. The van der Waals surface area contributed by atoms with Crippen LogP contribution in [0.5, 0.6) is 23.0 Å². The Kier molecular flexibility index (Phi) is 5.65. The molecule has 0 radical (unpaired) electrons. The summed E-state index contributed by atoms with van der Waals surface area (Å²) in [6.45, 7) is -0.609. The second-order valence-electron chi connectivity index (χ2n) is 7.33. The molecule has 0 aliphatic carbocycles. The average Bonchev–Trinajstić information content (AvgIpc) is 2.75. The molecule has 2 aromatic carbocycles. The van der Waals surface area contributed by atoms with Crippen molar-refractivity contribution in [2.75, 3.05) is 6.61 Å². The fourth-order valence-corrected chi connectivity index (χ4v) is 3.50. The van der Waals surface area contributed by atoms with Gasteiger partial charge in [0.25, 0.3) is 0 Å². The van der Waals surface area contributed by atoms with Gasteiger partial charge in [-0.15, -0.1) is 0 Å². The first-order valence-electron chi connectivity index (χ1n) is 9.49. The highest BCUT2D eigenvalue weighted by Gasteiger charge is 2.44. The van der Waals surface area contributed by atoms with Gasteiger partial charge < -0.3 is 50.0 Å². The molecule has 10 nitrogen and oxygen atoms in total. The van der Waals surface area contributed by atoms with E-state index in [-0.39, 0.29) is 34.3 Å². The van der Waals surface area contributed by atoms with Gasteiger partial charge in [0.15, 0.2) is 6.10 Å². The minimum Gasteiger partial charge on any atom is -0.508 e. The van der Waals surface area contributed by atoms with Crippen molar-refractivity contribution in [1.29, 1.82) is 0 Å². The summed E-state index contributed by atoms with van der Waals surface area (Å²) in [4.78, 5) is 0. The summed E-state index contributed by atoms with van der Waals surface area (Å²) in [5.74, 6) is -0.213. The number of aliphatic hydroxyl groups is 5. The van der Waals surface area contributed by atoms with Crippen molar-refractivity contribution < 1.29 is 50.0 Å². The van der Waals surface area contributed by atoms with E-state index in [1.165, 1.54) is 30.3 Å². The maximum atomic E-state index is 10.4. The Hall–Kier alpha value is -3.02. The van der Waals surface area contributed by atoms with Crippen LogP contribution in [0.2, 0.25) is 0 Å². The second kappa shape index (κ2) is 8.25. The van der Waals surface area contributed by atoms with Crippen molar-refractivity contribution in [3.63, 3.8) is 0 Å². The molecule has 2 aliphatic heterocycles. The fraction of sp³-hybridized carbons (Fsp3) is 0.333. The number of ether oxygens (including phenoxy) is 3. The Bertz CT molecular complexity index is 971. The van der Waals surface area contributed by atoms with Crippen molar-refractivity contribution in [3.05, 3.63) is 53.3 Å². The number of hydrogen-bond donors (Lipinski definition) is 7. The van der Waals surface area contributed by atoms with E-state index >= 15 is 0 Å². The molecule has 10 heteroatoms. The van der Waals surface area contributed by atoms with E-state index in [4.69, 9.17) is 14.2 Å². The first-order chi connectivity index (χ1) is 14.8. The lowest BCUT2D eigenvalue weighted by Crippen LogP contribution is -2.60. The average molecular weight is 434 g/mol. The van der Waals surface area contributed by atoms with Crippen LogP contribution in [-0.4, -0.2) is 73.1 Å². The van der Waals surface area contributed by atoms with Crippen molar-refractivity contribution in [3.8, 4) is 23.0 Å². The van der Waals surface area contributed by atoms with Crippen LogP contribution in [0, 0.1) is 0 Å². The van der Waals surface area contributed by atoms with Crippen molar-refractivity contribution in [2.45, 2.75) is 36.8 Å². The van der Waals surface area contributed by atoms with E-state index < -0.39 is 43.4 Å². The van der Waals surface area contributed by atoms with E-state index in [9.17, 15) is 35.7 Å². The van der Waals surface area contributed by atoms with Crippen molar-refractivity contribution in [2.24, 2.45) is 0 Å². The molecular weight excluding hydrogens is 412 g/mol. The number of rotatable bonds is 4. The van der Waals surface area contributed by atoms with E-state index in [0.717, 1.165) is 0 Å². The monoisotopic (exact) mass is 434 g/mol. The van der Waals surface area contributed by atoms with Gasteiger partial charge >= 0.3 is 0 Å². The number of fused-ring (bicyclic) bond motifs is 1. The number of phenolic OH excluding ortho intramolecular Hbond substituents is 2. The largest absolute Gasteiger partial charge is 0.508 e. The zero-order valence-electron chi connectivity index (χ0n) is 16.1. The Morgan fingerprint density at radius 1 is 0.903 bits per heavy atom. The van der Waals surface area contributed by atoms with Crippen LogP contribution in [0.4, 0.5) is 0 Å². The number of hydrogen-bond acceptors (Lipinski definition) is 10. The highest BCUT2D eigenvalue weighted by atomic mass is 16.7. The maximum Gasteiger partial charge on any atom is 0.229 e. The molecule has 0 amide bonds. The number of aromatic hydroxyl groups is 2. The zero-order chi connectivity index (χ0) is 22.3. The summed E-state index contributed by atoms with van der Waals surface area (Å²) in [6, 6.07) is 8.63. The highest BCUT2D eigenvalue weighted by molar-refractivity contribution is 5.69. The molecule has 166 valence electrons. The lowest BCUT2D eigenvalue weighted by molar-refractivity contribution is -0.277. The Labute approximate surface area is 176 Å². The molecule has 0 spiro atoms. The van der Waals surface area contributed by atoms with Gasteiger partial charge in [-0.2, -0.15) is 0 Å². The molecule has 7 N–H and O–H groups in total. The molecule has 6 unspecified atom stereocenters. The lowest BCUT2D eigenvalue weighted by atomic mass is 9.99.